The van der Waals surface area contributed by atoms with E-state index in [1.54, 1.807) is 0 Å². The zero-order valence-corrected chi connectivity index (χ0v) is 24.7. The smallest absolute Gasteiger partial charge is 0.208 e. The minimum atomic E-state index is -0.320. The van der Waals surface area contributed by atoms with Crippen LogP contribution in [0.1, 0.15) is 5.48 Å². The van der Waals surface area contributed by atoms with Crippen LogP contribution in [0.4, 0.5) is 0 Å². The van der Waals surface area contributed by atoms with Crippen molar-refractivity contribution in [2.75, 3.05) is 0 Å². The molecule has 0 N–H and O–H groups in total. The van der Waals surface area contributed by atoms with Crippen molar-refractivity contribution in [3.63, 3.8) is 0 Å². The van der Waals surface area contributed by atoms with Crippen LogP contribution in [0.25, 0.3) is 77.7 Å². The lowest BCUT2D eigenvalue weighted by Gasteiger charge is -2.12. The molecular formula is C41H26ClN3. The molecule has 0 spiro atoms. The molecular weight excluding hydrogens is 570 g/mol. The van der Waals surface area contributed by atoms with Crippen LogP contribution in [-0.4, -0.2) is 15.0 Å². The Hall–Kier alpha value is -5.64. The van der Waals surface area contributed by atoms with Gasteiger partial charge in [0, 0.05) is 11.1 Å². The first kappa shape index (κ1) is 22.8. The maximum atomic E-state index is 9.26. The van der Waals surface area contributed by atoms with Crippen LogP contribution >= 0.6 is 11.6 Å². The van der Waals surface area contributed by atoms with Crippen molar-refractivity contribution in [1.29, 1.82) is 0 Å². The Kier molecular flexibility index (Phi) is 5.81. The van der Waals surface area contributed by atoms with Crippen LogP contribution in [0.15, 0.2) is 158 Å². The first-order valence-corrected chi connectivity index (χ1v) is 15.0. The number of halogens is 1. The minimum Gasteiger partial charge on any atom is -0.208 e. The zero-order chi connectivity index (χ0) is 33.6. The Labute approximate surface area is 272 Å². The van der Waals surface area contributed by atoms with E-state index in [2.05, 4.69) is 58.5 Å². The highest BCUT2D eigenvalue weighted by Gasteiger charge is 2.14. The molecule has 0 radical (unpaired) electrons. The molecule has 0 aliphatic carbocycles. The van der Waals surface area contributed by atoms with E-state index in [4.69, 9.17) is 20.7 Å². The van der Waals surface area contributed by atoms with Gasteiger partial charge in [0.2, 0.25) is 5.28 Å². The van der Waals surface area contributed by atoms with Crippen LogP contribution in [0, 0.1) is 0 Å². The van der Waals surface area contributed by atoms with E-state index < -0.39 is 0 Å². The van der Waals surface area contributed by atoms with Gasteiger partial charge in [0.05, 0.1) is 5.48 Å². The van der Waals surface area contributed by atoms with E-state index in [1.807, 2.05) is 84.9 Å². The highest BCUT2D eigenvalue weighted by molar-refractivity contribution is 6.28. The normalized spacial score (nSPS) is 12.5. The molecule has 0 bridgehead atoms. The van der Waals surface area contributed by atoms with Gasteiger partial charge in [-0.25, -0.2) is 4.98 Å². The molecule has 0 saturated carbocycles. The van der Waals surface area contributed by atoms with Crippen LogP contribution in [0.2, 0.25) is 5.28 Å². The Morgan fingerprint density at radius 2 is 0.978 bits per heavy atom. The van der Waals surface area contributed by atoms with E-state index >= 15 is 0 Å². The third-order valence-corrected chi connectivity index (χ3v) is 8.12. The Balaban J connectivity index is 1.26. The molecule has 0 amide bonds. The molecule has 3 nitrogen and oxygen atoms in total. The van der Waals surface area contributed by atoms with Gasteiger partial charge in [0.15, 0.2) is 11.6 Å². The molecule has 0 atom stereocenters. The van der Waals surface area contributed by atoms with Crippen molar-refractivity contribution in [2.24, 2.45) is 0 Å². The number of fused-ring (bicyclic) bond motifs is 2. The van der Waals surface area contributed by atoms with Crippen molar-refractivity contribution in [3.8, 4) is 56.2 Å². The molecule has 7 aromatic carbocycles. The molecule has 212 valence electrons. The summed E-state index contributed by atoms with van der Waals surface area (Å²) in [7, 11) is 0. The number of aromatic nitrogens is 3. The molecule has 1 heterocycles. The van der Waals surface area contributed by atoms with Gasteiger partial charge in [-0.3, -0.25) is 0 Å². The van der Waals surface area contributed by atoms with Crippen molar-refractivity contribution < 1.29 is 5.48 Å². The first-order chi connectivity index (χ1) is 23.9. The van der Waals surface area contributed by atoms with Gasteiger partial charge in [0.25, 0.3) is 0 Å². The third-order valence-electron chi connectivity index (χ3n) is 7.95. The number of hydrogen-bond donors (Lipinski definition) is 0. The lowest BCUT2D eigenvalue weighted by molar-refractivity contribution is 1.07. The Bertz CT molecular complexity index is 2570. The fourth-order valence-corrected chi connectivity index (χ4v) is 6.04. The molecule has 1 aromatic heterocycles. The Morgan fingerprint density at radius 3 is 1.78 bits per heavy atom. The van der Waals surface area contributed by atoms with Crippen LogP contribution < -0.4 is 0 Å². The summed E-state index contributed by atoms with van der Waals surface area (Å²) >= 11 is 6.50. The highest BCUT2D eigenvalue weighted by Crippen LogP contribution is 2.36. The van der Waals surface area contributed by atoms with Gasteiger partial charge in [0.1, 0.15) is 0 Å². The molecule has 8 rings (SSSR count). The van der Waals surface area contributed by atoms with Crippen LogP contribution in [0.3, 0.4) is 0 Å². The second kappa shape index (κ2) is 11.5. The van der Waals surface area contributed by atoms with Crippen molar-refractivity contribution >= 4 is 33.1 Å². The topological polar surface area (TPSA) is 38.7 Å². The Morgan fingerprint density at radius 1 is 0.444 bits per heavy atom. The summed E-state index contributed by atoms with van der Waals surface area (Å²) in [5, 5.41) is 3.92. The monoisotopic (exact) mass is 599 g/mol. The van der Waals surface area contributed by atoms with Crippen molar-refractivity contribution in [3.05, 3.63) is 163 Å². The summed E-state index contributed by atoms with van der Waals surface area (Å²) in [6.07, 6.45) is 0. The number of benzene rings is 7. The van der Waals surface area contributed by atoms with E-state index in [-0.39, 0.29) is 52.2 Å². The lowest BCUT2D eigenvalue weighted by atomic mass is 9.92. The number of hydrogen-bond acceptors (Lipinski definition) is 3. The molecule has 0 saturated heterocycles. The summed E-state index contributed by atoms with van der Waals surface area (Å²) in [6, 6.07) is 43.2. The molecule has 0 unspecified atom stereocenters. The number of rotatable bonds is 5. The van der Waals surface area contributed by atoms with E-state index in [0.29, 0.717) is 11.1 Å². The maximum absolute atomic E-state index is 9.26. The molecule has 0 aliphatic heterocycles. The quantitative estimate of drug-likeness (QED) is 0.197. The molecule has 4 heteroatoms. The van der Waals surface area contributed by atoms with Gasteiger partial charge < -0.3 is 0 Å². The van der Waals surface area contributed by atoms with E-state index in [0.717, 1.165) is 43.8 Å². The third kappa shape index (κ3) is 5.14. The zero-order valence-electron chi connectivity index (χ0n) is 27.9. The molecule has 0 aliphatic rings. The van der Waals surface area contributed by atoms with Gasteiger partial charge >= 0.3 is 0 Å². The van der Waals surface area contributed by atoms with Gasteiger partial charge in [-0.2, -0.15) is 9.97 Å². The van der Waals surface area contributed by atoms with Gasteiger partial charge in [-0.05, 0) is 78.6 Å². The number of nitrogens with zero attached hydrogens (tertiary/aromatic N) is 3. The standard InChI is InChI=1S/C41H26ClN3/c42-41-44-39(31-17-6-15-29(25-31)35-20-8-14-28-13-4-5-19-33(28)35)43-40(45-41)32-18-7-16-30(26-32)36-22-10-23-37-34(21-9-24-38(36)37)27-11-2-1-3-12-27/h1-26H/i6D,15D,17D,25D. The second-order valence-corrected chi connectivity index (χ2v) is 11.0. The summed E-state index contributed by atoms with van der Waals surface area (Å²) in [5.41, 5.74) is 5.86. The summed E-state index contributed by atoms with van der Waals surface area (Å²) in [5.74, 6) is 0.275. The van der Waals surface area contributed by atoms with Crippen LogP contribution in [0.5, 0.6) is 0 Å². The van der Waals surface area contributed by atoms with E-state index in [1.165, 1.54) is 0 Å². The average Bonchev–Trinajstić information content (AvgIpc) is 3.14. The largest absolute Gasteiger partial charge is 0.226 e. The summed E-state index contributed by atoms with van der Waals surface area (Å²) in [4.78, 5) is 13.5. The molecule has 8 aromatic rings. The summed E-state index contributed by atoms with van der Waals surface area (Å²) < 4.78 is 35.6. The first-order valence-electron chi connectivity index (χ1n) is 16.6. The summed E-state index contributed by atoms with van der Waals surface area (Å²) in [6.45, 7) is 0. The van der Waals surface area contributed by atoms with Crippen molar-refractivity contribution in [1.82, 2.24) is 15.0 Å². The highest BCUT2D eigenvalue weighted by atomic mass is 35.5. The molecule has 0 fully saturated rings. The average molecular weight is 600 g/mol. The minimum absolute atomic E-state index is 0.00283. The van der Waals surface area contributed by atoms with Gasteiger partial charge in [-0.1, -0.05) is 146 Å². The SMILES string of the molecule is [2H]c1c([2H])c(-c2nc(Cl)nc(-c3cccc(-c4cccc5c(-c6ccccc6)cccc45)c3)n2)c([2H])c(-c2cccc3ccccc23)c1[2H]. The van der Waals surface area contributed by atoms with Gasteiger partial charge in [-0.15, -0.1) is 0 Å². The van der Waals surface area contributed by atoms with Crippen LogP contribution in [-0.2, 0) is 0 Å². The predicted octanol–water partition coefficient (Wildman–Crippen LogP) is 11.2. The maximum Gasteiger partial charge on any atom is 0.226 e. The molecule has 45 heavy (non-hydrogen) atoms. The fourth-order valence-electron chi connectivity index (χ4n) is 5.88. The predicted molar refractivity (Wildman–Crippen MR) is 187 cm³/mol. The fraction of sp³-hybridized carbons (Fsp3) is 0. The second-order valence-electron chi connectivity index (χ2n) is 10.7. The van der Waals surface area contributed by atoms with Crippen molar-refractivity contribution in [2.45, 2.75) is 0 Å². The lowest BCUT2D eigenvalue weighted by Crippen LogP contribution is -1.97. The van der Waals surface area contributed by atoms with E-state index in [9.17, 15) is 1.37 Å².